The maximum absolute atomic E-state index is 8.17. The molecule has 0 spiro atoms. The molecule has 3 heteroatoms. The maximum Gasteiger partial charge on any atom is 0.101 e. The van der Waals surface area contributed by atoms with Gasteiger partial charge in [0.1, 0.15) is 5.84 Å². The number of rotatable bonds is 0. The number of nitrogens with zero attached hydrogens (tertiary/aromatic N) is 1. The molecule has 1 fully saturated rings. The summed E-state index contributed by atoms with van der Waals surface area (Å²) in [5, 5.41) is 8.17. The van der Waals surface area contributed by atoms with E-state index in [1.807, 2.05) is 0 Å². The topological polar surface area (TPSA) is 36.3 Å². The van der Waals surface area contributed by atoms with Crippen molar-refractivity contribution in [1.29, 1.82) is 5.41 Å². The standard InChI is InChI=1S/C12H24N2O/c1-9-7-14(8-12(5,6)15-9)10(13)11(2,3)4/h9,13H,7-8H2,1-6H3. The Labute approximate surface area is 93.3 Å². The van der Waals surface area contributed by atoms with Crippen molar-refractivity contribution in [2.24, 2.45) is 5.41 Å². The van der Waals surface area contributed by atoms with Gasteiger partial charge in [-0.3, -0.25) is 5.41 Å². The average molecular weight is 212 g/mol. The summed E-state index contributed by atoms with van der Waals surface area (Å²) in [6, 6.07) is 0. The molecule has 3 nitrogen and oxygen atoms in total. The third-order valence-corrected chi connectivity index (χ3v) is 2.60. The fraction of sp³-hybridized carbons (Fsp3) is 0.917. The molecule has 15 heavy (non-hydrogen) atoms. The minimum Gasteiger partial charge on any atom is -0.369 e. The Bertz CT molecular complexity index is 253. The first kappa shape index (κ1) is 12.5. The second kappa shape index (κ2) is 3.78. The zero-order chi connectivity index (χ0) is 11.9. The molecule has 1 N–H and O–H groups in total. The van der Waals surface area contributed by atoms with Crippen LogP contribution in [0.3, 0.4) is 0 Å². The van der Waals surface area contributed by atoms with Crippen LogP contribution < -0.4 is 0 Å². The molecular formula is C12H24N2O. The van der Waals surface area contributed by atoms with Gasteiger partial charge in [-0.2, -0.15) is 0 Å². The van der Waals surface area contributed by atoms with Crippen molar-refractivity contribution in [1.82, 2.24) is 4.90 Å². The van der Waals surface area contributed by atoms with Gasteiger partial charge in [0.2, 0.25) is 0 Å². The highest BCUT2D eigenvalue weighted by Gasteiger charge is 2.35. The molecular weight excluding hydrogens is 188 g/mol. The van der Waals surface area contributed by atoms with Gasteiger partial charge in [0.25, 0.3) is 0 Å². The van der Waals surface area contributed by atoms with Crippen molar-refractivity contribution < 1.29 is 4.74 Å². The van der Waals surface area contributed by atoms with Crippen LogP contribution in [0.4, 0.5) is 0 Å². The average Bonchev–Trinajstić information content (AvgIpc) is 1.97. The van der Waals surface area contributed by atoms with E-state index >= 15 is 0 Å². The van der Waals surface area contributed by atoms with Crippen molar-refractivity contribution in [3.05, 3.63) is 0 Å². The van der Waals surface area contributed by atoms with E-state index in [2.05, 4.69) is 46.4 Å². The van der Waals surface area contributed by atoms with Crippen molar-refractivity contribution in [2.75, 3.05) is 13.1 Å². The van der Waals surface area contributed by atoms with Crippen LogP contribution in [0.5, 0.6) is 0 Å². The Morgan fingerprint density at radius 1 is 1.40 bits per heavy atom. The second-order valence-electron chi connectivity index (χ2n) is 6.17. The van der Waals surface area contributed by atoms with E-state index < -0.39 is 0 Å². The van der Waals surface area contributed by atoms with Crippen LogP contribution in [0, 0.1) is 10.8 Å². The van der Waals surface area contributed by atoms with E-state index in [4.69, 9.17) is 10.1 Å². The fourth-order valence-corrected chi connectivity index (χ4v) is 2.10. The Balaban J connectivity index is 2.75. The van der Waals surface area contributed by atoms with E-state index in [9.17, 15) is 0 Å². The highest BCUT2D eigenvalue weighted by atomic mass is 16.5. The molecule has 88 valence electrons. The van der Waals surface area contributed by atoms with Crippen molar-refractivity contribution in [2.45, 2.75) is 53.2 Å². The lowest BCUT2D eigenvalue weighted by Crippen LogP contribution is -2.55. The molecule has 0 aromatic heterocycles. The van der Waals surface area contributed by atoms with Crippen LogP contribution in [-0.4, -0.2) is 35.5 Å². The van der Waals surface area contributed by atoms with Crippen LogP contribution in [0.2, 0.25) is 0 Å². The third kappa shape index (κ3) is 3.20. The summed E-state index contributed by atoms with van der Waals surface area (Å²) in [4.78, 5) is 2.15. The van der Waals surface area contributed by atoms with Gasteiger partial charge in [0.05, 0.1) is 11.7 Å². The number of amidine groups is 1. The Morgan fingerprint density at radius 3 is 2.33 bits per heavy atom. The summed E-state index contributed by atoms with van der Waals surface area (Å²) in [5.41, 5.74) is -0.220. The first-order valence-corrected chi connectivity index (χ1v) is 5.64. The summed E-state index contributed by atoms with van der Waals surface area (Å²) in [7, 11) is 0. The quantitative estimate of drug-likeness (QED) is 0.495. The van der Waals surface area contributed by atoms with Gasteiger partial charge < -0.3 is 9.64 Å². The molecule has 0 aliphatic carbocycles. The largest absolute Gasteiger partial charge is 0.369 e. The van der Waals surface area contributed by atoms with E-state index in [0.29, 0.717) is 5.84 Å². The summed E-state index contributed by atoms with van der Waals surface area (Å²) < 4.78 is 5.83. The molecule has 1 aliphatic heterocycles. The molecule has 1 aliphatic rings. The van der Waals surface area contributed by atoms with Gasteiger partial charge in [-0.25, -0.2) is 0 Å². The summed E-state index contributed by atoms with van der Waals surface area (Å²) >= 11 is 0. The summed E-state index contributed by atoms with van der Waals surface area (Å²) in [6.45, 7) is 14.2. The Hall–Kier alpha value is -0.570. The van der Waals surface area contributed by atoms with Gasteiger partial charge in [-0.1, -0.05) is 20.8 Å². The van der Waals surface area contributed by atoms with Gasteiger partial charge in [-0.15, -0.1) is 0 Å². The van der Waals surface area contributed by atoms with E-state index in [-0.39, 0.29) is 17.1 Å². The Kier molecular flexibility index (Phi) is 3.15. The van der Waals surface area contributed by atoms with E-state index in [1.54, 1.807) is 0 Å². The molecule has 0 aromatic carbocycles. The maximum atomic E-state index is 8.17. The zero-order valence-corrected chi connectivity index (χ0v) is 10.8. The van der Waals surface area contributed by atoms with Gasteiger partial charge in [0.15, 0.2) is 0 Å². The predicted octanol–water partition coefficient (Wildman–Crippen LogP) is 2.51. The zero-order valence-electron chi connectivity index (χ0n) is 10.8. The highest BCUT2D eigenvalue weighted by Crippen LogP contribution is 2.25. The molecule has 1 atom stereocenters. The third-order valence-electron chi connectivity index (χ3n) is 2.60. The van der Waals surface area contributed by atoms with Gasteiger partial charge >= 0.3 is 0 Å². The van der Waals surface area contributed by atoms with Crippen LogP contribution in [-0.2, 0) is 4.74 Å². The fourth-order valence-electron chi connectivity index (χ4n) is 2.10. The first-order valence-electron chi connectivity index (χ1n) is 5.64. The molecule has 1 rings (SSSR count). The molecule has 1 unspecified atom stereocenters. The smallest absolute Gasteiger partial charge is 0.101 e. The van der Waals surface area contributed by atoms with Gasteiger partial charge in [-0.05, 0) is 20.8 Å². The number of hydrogen-bond acceptors (Lipinski definition) is 2. The molecule has 1 heterocycles. The van der Waals surface area contributed by atoms with E-state index in [1.165, 1.54) is 0 Å². The molecule has 0 bridgehead atoms. The SMILES string of the molecule is CC1CN(C(=N)C(C)(C)C)CC(C)(C)O1. The van der Waals surface area contributed by atoms with Crippen LogP contribution in [0.15, 0.2) is 0 Å². The monoisotopic (exact) mass is 212 g/mol. The van der Waals surface area contributed by atoms with Gasteiger partial charge in [0, 0.05) is 18.5 Å². The molecule has 1 saturated heterocycles. The van der Waals surface area contributed by atoms with Crippen molar-refractivity contribution in [3.8, 4) is 0 Å². The number of morpholine rings is 1. The molecule has 0 saturated carbocycles. The van der Waals surface area contributed by atoms with E-state index in [0.717, 1.165) is 13.1 Å². The van der Waals surface area contributed by atoms with Crippen LogP contribution in [0.1, 0.15) is 41.5 Å². The number of nitrogens with one attached hydrogen (secondary N) is 1. The summed E-state index contributed by atoms with van der Waals surface area (Å²) in [5.74, 6) is 0.714. The number of ether oxygens (including phenoxy) is 1. The lowest BCUT2D eigenvalue weighted by molar-refractivity contribution is -0.114. The molecule has 0 radical (unpaired) electrons. The minimum absolute atomic E-state index is 0.0762. The highest BCUT2D eigenvalue weighted by molar-refractivity contribution is 5.84. The summed E-state index contributed by atoms with van der Waals surface area (Å²) in [6.07, 6.45) is 0.205. The lowest BCUT2D eigenvalue weighted by Gasteiger charge is -2.45. The van der Waals surface area contributed by atoms with Crippen LogP contribution >= 0.6 is 0 Å². The van der Waals surface area contributed by atoms with Crippen molar-refractivity contribution >= 4 is 5.84 Å². The first-order chi connectivity index (χ1) is 6.62. The lowest BCUT2D eigenvalue weighted by atomic mass is 9.92. The molecule has 0 aromatic rings. The normalized spacial score (nSPS) is 26.5. The van der Waals surface area contributed by atoms with Crippen LogP contribution in [0.25, 0.3) is 0 Å². The second-order valence-corrected chi connectivity index (χ2v) is 6.17. The Morgan fingerprint density at radius 2 is 1.93 bits per heavy atom. The predicted molar refractivity (Wildman–Crippen MR) is 63.4 cm³/mol. The van der Waals surface area contributed by atoms with Crippen molar-refractivity contribution in [3.63, 3.8) is 0 Å². The number of hydrogen-bond donors (Lipinski definition) is 1. The molecule has 0 amide bonds. The minimum atomic E-state index is -0.144.